The van der Waals surface area contributed by atoms with Gasteiger partial charge in [0.25, 0.3) is 0 Å². The maximum absolute atomic E-state index is 11.3. The lowest BCUT2D eigenvalue weighted by Crippen LogP contribution is -2.41. The highest BCUT2D eigenvalue weighted by atomic mass is 16.4. The van der Waals surface area contributed by atoms with Crippen LogP contribution in [0.4, 0.5) is 0 Å². The van der Waals surface area contributed by atoms with Gasteiger partial charge in [0.05, 0.1) is 6.26 Å². The summed E-state index contributed by atoms with van der Waals surface area (Å²) in [6.45, 7) is 4.09. The zero-order valence-corrected chi connectivity index (χ0v) is 11.0. The summed E-state index contributed by atoms with van der Waals surface area (Å²) < 4.78 is 5.42. The third-order valence-corrected chi connectivity index (χ3v) is 3.46. The molecule has 0 spiro atoms. The van der Waals surface area contributed by atoms with E-state index in [2.05, 4.69) is 5.32 Å². The number of hydrogen-bond acceptors (Lipinski definition) is 3. The van der Waals surface area contributed by atoms with E-state index in [1.807, 2.05) is 19.9 Å². The number of fused-ring (bicyclic) bond motifs is 1. The molecule has 4 heteroatoms. The molecule has 1 aromatic heterocycles. The fraction of sp³-hybridized carbons (Fsp3) is 0.643. The smallest absolute Gasteiger partial charge is 0.320 e. The molecule has 1 heterocycles. The van der Waals surface area contributed by atoms with Crippen LogP contribution in [0.2, 0.25) is 0 Å². The minimum atomic E-state index is -0.765. The molecule has 2 unspecified atom stereocenters. The Kier molecular flexibility index (Phi) is 4.07. The first kappa shape index (κ1) is 13.1. The van der Waals surface area contributed by atoms with Crippen molar-refractivity contribution in [3.63, 3.8) is 0 Å². The first-order chi connectivity index (χ1) is 8.58. The highest BCUT2D eigenvalue weighted by Gasteiger charge is 2.27. The summed E-state index contributed by atoms with van der Waals surface area (Å²) in [6, 6.07) is 1.60. The van der Waals surface area contributed by atoms with E-state index in [1.54, 1.807) is 6.26 Å². The standard InChI is InChI=1S/C14H21NO3/c1-9(2)8-12(14(16)17)15-11-4-3-5-13-10(11)6-7-18-13/h6-7,9,11-12,15H,3-5,8H2,1-2H3,(H,16,17). The molecule has 0 saturated heterocycles. The Balaban J connectivity index is 2.07. The van der Waals surface area contributed by atoms with E-state index in [0.717, 1.165) is 30.6 Å². The van der Waals surface area contributed by atoms with Crippen LogP contribution in [0.5, 0.6) is 0 Å². The Morgan fingerprint density at radius 2 is 2.39 bits per heavy atom. The molecule has 0 radical (unpaired) electrons. The number of aryl methyl sites for hydroxylation is 1. The Hall–Kier alpha value is -1.29. The molecule has 0 fully saturated rings. The molecule has 18 heavy (non-hydrogen) atoms. The number of nitrogens with one attached hydrogen (secondary N) is 1. The molecule has 1 aliphatic carbocycles. The molecule has 1 aromatic rings. The normalized spacial score (nSPS) is 20.7. The van der Waals surface area contributed by atoms with E-state index < -0.39 is 12.0 Å². The average molecular weight is 251 g/mol. The maximum Gasteiger partial charge on any atom is 0.320 e. The van der Waals surface area contributed by atoms with Crippen molar-refractivity contribution in [3.05, 3.63) is 23.7 Å². The summed E-state index contributed by atoms with van der Waals surface area (Å²) in [7, 11) is 0. The van der Waals surface area contributed by atoms with Crippen molar-refractivity contribution in [2.75, 3.05) is 0 Å². The van der Waals surface area contributed by atoms with E-state index in [1.165, 1.54) is 0 Å². The third-order valence-electron chi connectivity index (χ3n) is 3.46. The Labute approximate surface area is 107 Å². The number of aliphatic carboxylic acids is 1. The van der Waals surface area contributed by atoms with Crippen molar-refractivity contribution in [3.8, 4) is 0 Å². The van der Waals surface area contributed by atoms with Gasteiger partial charge in [0, 0.05) is 18.0 Å². The molecule has 2 rings (SSSR count). The zero-order chi connectivity index (χ0) is 13.1. The molecule has 2 N–H and O–H groups in total. The minimum absolute atomic E-state index is 0.118. The fourth-order valence-corrected chi connectivity index (χ4v) is 2.61. The first-order valence-electron chi connectivity index (χ1n) is 6.63. The molecule has 0 amide bonds. The largest absolute Gasteiger partial charge is 0.480 e. The van der Waals surface area contributed by atoms with Gasteiger partial charge in [-0.05, 0) is 31.2 Å². The van der Waals surface area contributed by atoms with Gasteiger partial charge in [-0.25, -0.2) is 0 Å². The monoisotopic (exact) mass is 251 g/mol. The van der Waals surface area contributed by atoms with Crippen molar-refractivity contribution in [2.24, 2.45) is 5.92 Å². The SMILES string of the molecule is CC(C)CC(NC1CCCc2occc21)C(=O)O. The minimum Gasteiger partial charge on any atom is -0.480 e. The van der Waals surface area contributed by atoms with Crippen molar-refractivity contribution < 1.29 is 14.3 Å². The van der Waals surface area contributed by atoms with Crippen molar-refractivity contribution in [1.82, 2.24) is 5.32 Å². The van der Waals surface area contributed by atoms with Crippen LogP contribution in [-0.2, 0) is 11.2 Å². The van der Waals surface area contributed by atoms with E-state index in [-0.39, 0.29) is 6.04 Å². The van der Waals surface area contributed by atoms with Crippen LogP contribution in [0.3, 0.4) is 0 Å². The molecule has 4 nitrogen and oxygen atoms in total. The quantitative estimate of drug-likeness (QED) is 0.844. The van der Waals surface area contributed by atoms with Gasteiger partial charge in [0.15, 0.2) is 0 Å². The van der Waals surface area contributed by atoms with Crippen molar-refractivity contribution in [2.45, 2.75) is 51.6 Å². The second-order valence-electron chi connectivity index (χ2n) is 5.43. The van der Waals surface area contributed by atoms with Crippen LogP contribution in [0.15, 0.2) is 16.7 Å². The molecule has 2 atom stereocenters. The second-order valence-corrected chi connectivity index (χ2v) is 5.43. The van der Waals surface area contributed by atoms with Gasteiger partial charge in [0.1, 0.15) is 11.8 Å². The van der Waals surface area contributed by atoms with Crippen LogP contribution in [0, 0.1) is 5.92 Å². The third kappa shape index (κ3) is 2.93. The number of carbonyl (C=O) groups is 1. The molecule has 100 valence electrons. The van der Waals surface area contributed by atoms with Crippen LogP contribution in [-0.4, -0.2) is 17.1 Å². The van der Waals surface area contributed by atoms with Crippen molar-refractivity contribution >= 4 is 5.97 Å². The Bertz CT molecular complexity index is 411. The molecular formula is C14H21NO3. The van der Waals surface area contributed by atoms with Gasteiger partial charge in [0.2, 0.25) is 0 Å². The topological polar surface area (TPSA) is 62.5 Å². The summed E-state index contributed by atoms with van der Waals surface area (Å²) in [4.78, 5) is 11.3. The summed E-state index contributed by atoms with van der Waals surface area (Å²) in [5.74, 6) is 0.609. The maximum atomic E-state index is 11.3. The number of carboxylic acids is 1. The lowest BCUT2D eigenvalue weighted by molar-refractivity contribution is -0.140. The van der Waals surface area contributed by atoms with Gasteiger partial charge >= 0.3 is 5.97 Å². The average Bonchev–Trinajstić information content (AvgIpc) is 2.76. The highest BCUT2D eigenvalue weighted by Crippen LogP contribution is 2.31. The van der Waals surface area contributed by atoms with Crippen LogP contribution in [0.1, 0.15) is 50.5 Å². The van der Waals surface area contributed by atoms with Gasteiger partial charge in [-0.1, -0.05) is 13.8 Å². The van der Waals surface area contributed by atoms with E-state index in [4.69, 9.17) is 4.42 Å². The van der Waals surface area contributed by atoms with Crippen LogP contribution >= 0.6 is 0 Å². The lowest BCUT2D eigenvalue weighted by Gasteiger charge is -2.27. The molecule has 0 saturated carbocycles. The summed E-state index contributed by atoms with van der Waals surface area (Å²) in [5.41, 5.74) is 1.14. The van der Waals surface area contributed by atoms with Gasteiger partial charge in [-0.2, -0.15) is 0 Å². The molecule has 0 aromatic carbocycles. The number of furan rings is 1. The number of carboxylic acid groups (broad SMARTS) is 1. The summed E-state index contributed by atoms with van der Waals surface area (Å²) in [5, 5.41) is 12.5. The lowest BCUT2D eigenvalue weighted by atomic mass is 9.92. The number of rotatable bonds is 5. The zero-order valence-electron chi connectivity index (χ0n) is 11.0. The van der Waals surface area contributed by atoms with Crippen molar-refractivity contribution in [1.29, 1.82) is 0 Å². The Morgan fingerprint density at radius 3 is 3.06 bits per heavy atom. The van der Waals surface area contributed by atoms with E-state index >= 15 is 0 Å². The Morgan fingerprint density at radius 1 is 1.61 bits per heavy atom. The second kappa shape index (κ2) is 5.57. The fourth-order valence-electron chi connectivity index (χ4n) is 2.61. The van der Waals surface area contributed by atoms with Crippen LogP contribution < -0.4 is 5.32 Å². The molecule has 0 aliphatic heterocycles. The molecular weight excluding hydrogens is 230 g/mol. The molecule has 0 bridgehead atoms. The molecule has 1 aliphatic rings. The predicted molar refractivity (Wildman–Crippen MR) is 68.4 cm³/mol. The van der Waals surface area contributed by atoms with Gasteiger partial charge < -0.3 is 9.52 Å². The van der Waals surface area contributed by atoms with E-state index in [9.17, 15) is 9.90 Å². The van der Waals surface area contributed by atoms with Crippen LogP contribution in [0.25, 0.3) is 0 Å². The first-order valence-corrected chi connectivity index (χ1v) is 6.63. The van der Waals surface area contributed by atoms with Gasteiger partial charge in [-0.3, -0.25) is 10.1 Å². The number of hydrogen-bond donors (Lipinski definition) is 2. The highest BCUT2D eigenvalue weighted by molar-refractivity contribution is 5.73. The summed E-state index contributed by atoms with van der Waals surface area (Å²) in [6.07, 6.45) is 5.34. The van der Waals surface area contributed by atoms with E-state index in [0.29, 0.717) is 12.3 Å². The summed E-state index contributed by atoms with van der Waals surface area (Å²) >= 11 is 0. The predicted octanol–water partition coefficient (Wildman–Crippen LogP) is 2.75. The van der Waals surface area contributed by atoms with Gasteiger partial charge in [-0.15, -0.1) is 0 Å².